The Kier molecular flexibility index (Phi) is 4.68. The number of aromatic amines is 1. The topological polar surface area (TPSA) is 72.3 Å². The molecule has 38 heavy (non-hydrogen) atoms. The van der Waals surface area contributed by atoms with Gasteiger partial charge in [-0.05, 0) is 36.4 Å². The molecule has 1 N–H and O–H groups in total. The van der Waals surface area contributed by atoms with Crippen LogP contribution in [-0.4, -0.2) is 36.2 Å². The van der Waals surface area contributed by atoms with Gasteiger partial charge < -0.3 is 9.46 Å². The van der Waals surface area contributed by atoms with Crippen LogP contribution in [0.3, 0.4) is 0 Å². The van der Waals surface area contributed by atoms with E-state index in [1.165, 1.54) is 4.48 Å². The van der Waals surface area contributed by atoms with Crippen LogP contribution in [0.25, 0.3) is 66.9 Å². The summed E-state index contributed by atoms with van der Waals surface area (Å²) in [5.41, 5.74) is -0.0454. The Bertz CT molecular complexity index is 2110. The first-order valence-electron chi connectivity index (χ1n) is 10.8. The Hall–Kier alpha value is -4.39. The van der Waals surface area contributed by atoms with Crippen molar-refractivity contribution in [1.82, 2.24) is 29.4 Å². The van der Waals surface area contributed by atoms with Crippen LogP contribution >= 0.6 is 11.5 Å². The number of rotatable bonds is 1. The van der Waals surface area contributed by atoms with Gasteiger partial charge in [0.25, 0.3) is 0 Å². The SMILES string of the molecule is Fc1cc2c(cc1F)-c1nc-2nc2[nH]c(nc3c4cc(F)c(F)cc4c(n1)n3[B]Cl)c1cc(F)c(F)cc21. The van der Waals surface area contributed by atoms with Gasteiger partial charge in [-0.1, -0.05) is 0 Å². The van der Waals surface area contributed by atoms with Gasteiger partial charge in [-0.2, -0.15) is 11.5 Å². The average Bonchev–Trinajstić information content (AvgIpc) is 3.46. The highest BCUT2D eigenvalue weighted by Gasteiger charge is 2.25. The summed E-state index contributed by atoms with van der Waals surface area (Å²) in [7, 11) is 0. The molecular formula is C24H7BClF6N6. The Morgan fingerprint density at radius 2 is 0.974 bits per heavy atom. The van der Waals surface area contributed by atoms with Crippen LogP contribution in [0.5, 0.6) is 0 Å². The molecule has 0 saturated carbocycles. The molecule has 0 atom stereocenters. The predicted molar refractivity (Wildman–Crippen MR) is 129 cm³/mol. The zero-order valence-corrected chi connectivity index (χ0v) is 19.2. The van der Waals surface area contributed by atoms with Gasteiger partial charge in [0.2, 0.25) is 0 Å². The second kappa shape index (κ2) is 7.81. The monoisotopic (exact) mass is 539 g/mol. The molecule has 185 valence electrons. The summed E-state index contributed by atoms with van der Waals surface area (Å²) in [6, 6.07) is 5.28. The summed E-state index contributed by atoms with van der Waals surface area (Å²) >= 11 is 6.10. The van der Waals surface area contributed by atoms with Crippen LogP contribution < -0.4 is 0 Å². The molecule has 1 aliphatic heterocycles. The largest absolute Gasteiger partial charge is 0.378 e. The van der Waals surface area contributed by atoms with Crippen molar-refractivity contribution in [3.63, 3.8) is 0 Å². The van der Waals surface area contributed by atoms with Crippen molar-refractivity contribution in [2.75, 3.05) is 0 Å². The zero-order chi connectivity index (χ0) is 26.5. The molecule has 0 amide bonds. The third kappa shape index (κ3) is 3.11. The van der Waals surface area contributed by atoms with E-state index in [1.54, 1.807) is 0 Å². The fourth-order valence-electron chi connectivity index (χ4n) is 4.58. The molecule has 0 aliphatic carbocycles. The van der Waals surface area contributed by atoms with Crippen LogP contribution in [0.2, 0.25) is 0 Å². The van der Waals surface area contributed by atoms with Crippen molar-refractivity contribution < 1.29 is 26.3 Å². The van der Waals surface area contributed by atoms with Gasteiger partial charge in [-0.3, -0.25) is 0 Å². The molecule has 4 heterocycles. The third-order valence-corrected chi connectivity index (χ3v) is 6.50. The third-order valence-electron chi connectivity index (χ3n) is 6.30. The Morgan fingerprint density at radius 3 is 1.50 bits per heavy atom. The van der Waals surface area contributed by atoms with Gasteiger partial charge in [-0.15, -0.1) is 0 Å². The van der Waals surface area contributed by atoms with E-state index in [4.69, 9.17) is 11.5 Å². The molecule has 3 aromatic carbocycles. The molecule has 1 aliphatic rings. The van der Waals surface area contributed by atoms with E-state index in [-0.39, 0.29) is 66.9 Å². The number of nitrogens with one attached hydrogen (secondary N) is 1. The minimum atomic E-state index is -1.19. The van der Waals surface area contributed by atoms with E-state index < -0.39 is 34.9 Å². The van der Waals surface area contributed by atoms with Crippen molar-refractivity contribution in [2.24, 2.45) is 0 Å². The van der Waals surface area contributed by atoms with Gasteiger partial charge in [0.15, 0.2) is 46.6 Å². The molecule has 14 heteroatoms. The molecule has 0 unspecified atom stereocenters. The quantitative estimate of drug-likeness (QED) is 0.198. The summed E-state index contributed by atoms with van der Waals surface area (Å²) in [6.07, 6.45) is 0. The number of benzene rings is 3. The van der Waals surface area contributed by atoms with Crippen LogP contribution in [0.15, 0.2) is 36.4 Å². The van der Waals surface area contributed by atoms with Gasteiger partial charge in [0.05, 0.1) is 0 Å². The van der Waals surface area contributed by atoms with E-state index in [2.05, 4.69) is 24.9 Å². The van der Waals surface area contributed by atoms with Crippen molar-refractivity contribution >= 4 is 62.4 Å². The molecule has 3 aromatic heterocycles. The number of H-pyrrole nitrogens is 1. The van der Waals surface area contributed by atoms with E-state index in [1.807, 2.05) is 0 Å². The highest BCUT2D eigenvalue weighted by atomic mass is 35.5. The summed E-state index contributed by atoms with van der Waals surface area (Å²) in [6.45, 7) is 1.00. The molecule has 6 nitrogen and oxygen atoms in total. The number of fused-ring (bicyclic) bond motifs is 15. The van der Waals surface area contributed by atoms with Crippen molar-refractivity contribution in [3.05, 3.63) is 71.3 Å². The van der Waals surface area contributed by atoms with E-state index in [9.17, 15) is 26.3 Å². The van der Waals surface area contributed by atoms with Gasteiger partial charge in [-0.25, -0.2) is 46.3 Å². The smallest absolute Gasteiger partial charge is 0.342 e. The lowest BCUT2D eigenvalue weighted by molar-refractivity contribution is 0.509. The summed E-state index contributed by atoms with van der Waals surface area (Å²) in [4.78, 5) is 20.4. The average molecular weight is 540 g/mol. The molecular weight excluding hydrogens is 533 g/mol. The first-order chi connectivity index (χ1) is 18.2. The maximum absolute atomic E-state index is 14.3. The lowest BCUT2D eigenvalue weighted by Crippen LogP contribution is -2.01. The summed E-state index contributed by atoms with van der Waals surface area (Å²) < 4.78 is 86.9. The highest BCUT2D eigenvalue weighted by Crippen LogP contribution is 2.37. The Balaban J connectivity index is 1.80. The van der Waals surface area contributed by atoms with Crippen molar-refractivity contribution in [3.8, 4) is 22.8 Å². The first-order valence-corrected chi connectivity index (χ1v) is 11.2. The van der Waals surface area contributed by atoms with E-state index in [0.29, 0.717) is 0 Å². The highest BCUT2D eigenvalue weighted by molar-refractivity contribution is 6.93. The van der Waals surface area contributed by atoms with Gasteiger partial charge in [0, 0.05) is 32.7 Å². The molecule has 6 bridgehead atoms. The second-order valence-electron chi connectivity index (χ2n) is 8.47. The molecule has 1 radical (unpaired) electrons. The Morgan fingerprint density at radius 1 is 0.553 bits per heavy atom. The number of nitrogens with zero attached hydrogens (tertiary/aromatic N) is 5. The maximum atomic E-state index is 14.3. The minimum absolute atomic E-state index is 0.0244. The fraction of sp³-hybridized carbons (Fsp3) is 0. The van der Waals surface area contributed by atoms with E-state index >= 15 is 0 Å². The van der Waals surface area contributed by atoms with Crippen molar-refractivity contribution in [1.29, 1.82) is 0 Å². The number of halogens is 7. The van der Waals surface area contributed by atoms with Crippen LogP contribution in [0, 0.1) is 34.9 Å². The summed E-state index contributed by atoms with van der Waals surface area (Å²) in [5, 5.41) is 0.306. The van der Waals surface area contributed by atoms with Crippen molar-refractivity contribution in [2.45, 2.75) is 0 Å². The molecule has 0 spiro atoms. The number of hydrogen-bond acceptors (Lipinski definition) is 4. The second-order valence-corrected chi connectivity index (χ2v) is 8.66. The molecule has 0 saturated heterocycles. The standard InChI is InChI=1S/C24H7BClF6N6/c26-25-38-23-11-5-17(31)18(32)6-12(11)24(38)37-22-10-4-16(30)14(28)2-8(10)20(35-22)33-19-7-1-13(27)15(29)3-9(7)21(34-19)36-23/h1-6H,(H,33,34,35,36,37). The molecule has 7 rings (SSSR count). The number of hydrogen-bond donors (Lipinski definition) is 1. The molecule has 0 fully saturated rings. The normalized spacial score (nSPS) is 12.1. The summed E-state index contributed by atoms with van der Waals surface area (Å²) in [5.74, 6) is -7.34. The minimum Gasteiger partial charge on any atom is -0.342 e. The van der Waals surface area contributed by atoms with Crippen LogP contribution in [0.4, 0.5) is 26.3 Å². The molecule has 6 aromatic rings. The van der Waals surface area contributed by atoms with Crippen LogP contribution in [0.1, 0.15) is 0 Å². The maximum Gasteiger partial charge on any atom is 0.378 e. The van der Waals surface area contributed by atoms with Gasteiger partial charge in [0.1, 0.15) is 22.6 Å². The first kappa shape index (κ1) is 22.8. The lowest BCUT2D eigenvalue weighted by Gasteiger charge is -2.01. The zero-order valence-electron chi connectivity index (χ0n) is 18.4. The van der Waals surface area contributed by atoms with E-state index in [0.717, 1.165) is 43.2 Å². The number of aromatic nitrogens is 6. The predicted octanol–water partition coefficient (Wildman–Crippen LogP) is 6.24. The lowest BCUT2D eigenvalue weighted by atomic mass is 10.1. The fourth-order valence-corrected chi connectivity index (χ4v) is 4.76. The van der Waals surface area contributed by atoms with Crippen LogP contribution in [-0.2, 0) is 0 Å². The Labute approximate surface area is 212 Å². The van der Waals surface area contributed by atoms with Gasteiger partial charge >= 0.3 is 6.83 Å².